The molecule has 2 aromatic carbocycles. The molecule has 0 spiro atoms. The van der Waals surface area contributed by atoms with E-state index in [2.05, 4.69) is 21.9 Å². The summed E-state index contributed by atoms with van der Waals surface area (Å²) in [6.07, 6.45) is 6.42. The molecule has 33 heavy (non-hydrogen) atoms. The minimum atomic E-state index is 0.464. The average molecular weight is 461 g/mol. The molecule has 1 aromatic heterocycles. The molecule has 0 atom stereocenters. The number of likely N-dealkylation sites (tertiary alicyclic amines) is 1. The zero-order valence-corrected chi connectivity index (χ0v) is 19.6. The van der Waals surface area contributed by atoms with Gasteiger partial charge in [0.25, 0.3) is 0 Å². The quantitative estimate of drug-likeness (QED) is 0.493. The van der Waals surface area contributed by atoms with Gasteiger partial charge in [0.05, 0.1) is 11.4 Å². The minimum absolute atomic E-state index is 0.464. The molecule has 6 heteroatoms. The lowest BCUT2D eigenvalue weighted by Crippen LogP contribution is -2.47. The smallest absolute Gasteiger partial charge is 0.226 e. The maximum absolute atomic E-state index is 6.35. The van der Waals surface area contributed by atoms with Crippen LogP contribution < -0.4 is 9.64 Å². The maximum atomic E-state index is 6.35. The van der Waals surface area contributed by atoms with Gasteiger partial charge in [0, 0.05) is 40.8 Å². The van der Waals surface area contributed by atoms with Gasteiger partial charge < -0.3 is 14.5 Å². The summed E-state index contributed by atoms with van der Waals surface area (Å²) in [4.78, 5) is 15.3. The normalized spacial score (nSPS) is 19.0. The molecular weight excluding hydrogens is 432 g/mol. The van der Waals surface area contributed by atoms with Crippen molar-refractivity contribution in [2.75, 3.05) is 31.1 Å². The Morgan fingerprint density at radius 2 is 1.64 bits per heavy atom. The van der Waals surface area contributed by atoms with E-state index in [9.17, 15) is 0 Å². The second-order valence-electron chi connectivity index (χ2n) is 9.31. The highest BCUT2D eigenvalue weighted by molar-refractivity contribution is 6.30. The van der Waals surface area contributed by atoms with Gasteiger partial charge in [0.15, 0.2) is 0 Å². The first-order valence-electron chi connectivity index (χ1n) is 12.1. The molecule has 3 aliphatic rings. The van der Waals surface area contributed by atoms with E-state index in [1.165, 1.54) is 45.2 Å². The fourth-order valence-corrected chi connectivity index (χ4v) is 5.69. The predicted molar refractivity (Wildman–Crippen MR) is 133 cm³/mol. The van der Waals surface area contributed by atoms with Crippen molar-refractivity contribution in [3.05, 3.63) is 59.1 Å². The van der Waals surface area contributed by atoms with Crippen LogP contribution in [0, 0.1) is 0 Å². The molecule has 5 nitrogen and oxygen atoms in total. The Kier molecular flexibility index (Phi) is 5.68. The highest BCUT2D eigenvalue weighted by atomic mass is 35.5. The van der Waals surface area contributed by atoms with Crippen LogP contribution in [0.4, 0.5) is 5.95 Å². The van der Waals surface area contributed by atoms with Crippen molar-refractivity contribution in [2.24, 2.45) is 0 Å². The van der Waals surface area contributed by atoms with Crippen LogP contribution in [-0.4, -0.2) is 47.1 Å². The number of fused-ring (bicyclic) bond motifs is 3. The Labute approximate surface area is 200 Å². The molecule has 0 amide bonds. The van der Waals surface area contributed by atoms with Crippen molar-refractivity contribution in [3.8, 4) is 28.3 Å². The zero-order valence-electron chi connectivity index (χ0n) is 18.8. The third-order valence-electron chi connectivity index (χ3n) is 7.26. The average Bonchev–Trinajstić information content (AvgIpc) is 2.88. The van der Waals surface area contributed by atoms with Gasteiger partial charge in [-0.25, -0.2) is 9.97 Å². The Morgan fingerprint density at radius 3 is 2.45 bits per heavy atom. The van der Waals surface area contributed by atoms with E-state index in [4.69, 9.17) is 26.3 Å². The summed E-state index contributed by atoms with van der Waals surface area (Å²) in [5.41, 5.74) is 4.98. The molecule has 6 rings (SSSR count). The number of para-hydroxylation sites is 1. The van der Waals surface area contributed by atoms with E-state index in [0.717, 1.165) is 52.9 Å². The number of ether oxygens (including phenoxy) is 1. The molecule has 170 valence electrons. The van der Waals surface area contributed by atoms with Crippen LogP contribution in [0.15, 0.2) is 48.5 Å². The minimum Gasteiger partial charge on any atom is -0.488 e. The van der Waals surface area contributed by atoms with Crippen LogP contribution in [0.1, 0.15) is 37.7 Å². The molecule has 0 saturated carbocycles. The number of hydrogen-bond acceptors (Lipinski definition) is 5. The number of piperidine rings is 2. The Hall–Kier alpha value is -2.63. The van der Waals surface area contributed by atoms with Gasteiger partial charge in [-0.3, -0.25) is 0 Å². The molecule has 3 aliphatic heterocycles. The topological polar surface area (TPSA) is 41.5 Å². The fraction of sp³-hybridized carbons (Fsp3) is 0.407. The summed E-state index contributed by atoms with van der Waals surface area (Å²) in [7, 11) is 0. The lowest BCUT2D eigenvalue weighted by molar-refractivity contribution is 0.141. The first kappa shape index (κ1) is 20.9. The SMILES string of the molecule is Clc1cccc(-c2nc(N3CCC(N4CCCCC4)CC3)nc3c2COc2ccccc2-3)c1. The summed E-state index contributed by atoms with van der Waals surface area (Å²) in [5.74, 6) is 1.70. The molecule has 0 bridgehead atoms. The van der Waals surface area contributed by atoms with Gasteiger partial charge in [-0.15, -0.1) is 0 Å². The molecule has 2 fully saturated rings. The van der Waals surface area contributed by atoms with Crippen LogP contribution in [0.3, 0.4) is 0 Å². The van der Waals surface area contributed by atoms with Gasteiger partial charge in [-0.1, -0.05) is 42.3 Å². The van der Waals surface area contributed by atoms with Crippen molar-refractivity contribution in [2.45, 2.75) is 44.8 Å². The third-order valence-corrected chi connectivity index (χ3v) is 7.50. The van der Waals surface area contributed by atoms with Gasteiger partial charge in [0.2, 0.25) is 5.95 Å². The van der Waals surface area contributed by atoms with Crippen LogP contribution in [0.2, 0.25) is 5.02 Å². The number of nitrogens with zero attached hydrogens (tertiary/aromatic N) is 4. The highest BCUT2D eigenvalue weighted by Crippen LogP contribution is 2.41. The maximum Gasteiger partial charge on any atom is 0.226 e. The number of hydrogen-bond donors (Lipinski definition) is 0. The Morgan fingerprint density at radius 1 is 0.848 bits per heavy atom. The van der Waals surface area contributed by atoms with E-state index < -0.39 is 0 Å². The second-order valence-corrected chi connectivity index (χ2v) is 9.75. The summed E-state index contributed by atoms with van der Waals surface area (Å²) in [6, 6.07) is 16.8. The Bertz CT molecular complexity index is 1150. The molecule has 0 aliphatic carbocycles. The second kappa shape index (κ2) is 8.96. The van der Waals surface area contributed by atoms with Crippen LogP contribution in [-0.2, 0) is 6.61 Å². The van der Waals surface area contributed by atoms with Gasteiger partial charge in [-0.05, 0) is 63.0 Å². The molecule has 0 N–H and O–H groups in total. The van der Waals surface area contributed by atoms with E-state index in [0.29, 0.717) is 17.7 Å². The van der Waals surface area contributed by atoms with Gasteiger partial charge in [-0.2, -0.15) is 0 Å². The lowest BCUT2D eigenvalue weighted by Gasteiger charge is -2.40. The first-order valence-corrected chi connectivity index (χ1v) is 12.5. The number of rotatable bonds is 3. The van der Waals surface area contributed by atoms with Crippen molar-refractivity contribution in [3.63, 3.8) is 0 Å². The van der Waals surface area contributed by atoms with Crippen molar-refractivity contribution in [1.82, 2.24) is 14.9 Å². The number of halogens is 1. The molecule has 0 unspecified atom stereocenters. The third kappa shape index (κ3) is 4.09. The van der Waals surface area contributed by atoms with Gasteiger partial charge in [0.1, 0.15) is 12.4 Å². The largest absolute Gasteiger partial charge is 0.488 e. The molecule has 2 saturated heterocycles. The zero-order chi connectivity index (χ0) is 22.2. The Balaban J connectivity index is 1.36. The molecule has 0 radical (unpaired) electrons. The lowest BCUT2D eigenvalue weighted by atomic mass is 9.98. The summed E-state index contributed by atoms with van der Waals surface area (Å²) in [5, 5.41) is 0.709. The first-order chi connectivity index (χ1) is 16.3. The van der Waals surface area contributed by atoms with Crippen LogP contribution >= 0.6 is 11.6 Å². The standard InChI is InChI=1S/C27H29ClN4O/c28-20-8-6-7-19(17-20)25-23-18-33-24-10-3-2-9-22(24)26(23)30-27(29-25)32-15-11-21(12-16-32)31-13-4-1-5-14-31/h2-3,6-10,17,21H,1,4-5,11-16,18H2. The van der Waals surface area contributed by atoms with E-state index in [1.807, 2.05) is 36.4 Å². The molecule has 4 heterocycles. The van der Waals surface area contributed by atoms with E-state index in [-0.39, 0.29) is 0 Å². The molecular formula is C27H29ClN4O. The fourth-order valence-electron chi connectivity index (χ4n) is 5.50. The summed E-state index contributed by atoms with van der Waals surface area (Å²) >= 11 is 6.35. The van der Waals surface area contributed by atoms with Gasteiger partial charge >= 0.3 is 0 Å². The summed E-state index contributed by atoms with van der Waals surface area (Å²) in [6.45, 7) is 4.97. The summed E-state index contributed by atoms with van der Waals surface area (Å²) < 4.78 is 6.08. The van der Waals surface area contributed by atoms with Crippen molar-refractivity contribution >= 4 is 17.5 Å². The number of benzene rings is 2. The van der Waals surface area contributed by atoms with Crippen molar-refractivity contribution in [1.29, 1.82) is 0 Å². The monoisotopic (exact) mass is 460 g/mol. The van der Waals surface area contributed by atoms with Crippen molar-refractivity contribution < 1.29 is 4.74 Å². The number of aromatic nitrogens is 2. The highest BCUT2D eigenvalue weighted by Gasteiger charge is 2.29. The predicted octanol–water partition coefficient (Wildman–Crippen LogP) is 5.81. The number of anilines is 1. The van der Waals surface area contributed by atoms with E-state index >= 15 is 0 Å². The van der Waals surface area contributed by atoms with Crippen LogP contribution in [0.5, 0.6) is 5.75 Å². The van der Waals surface area contributed by atoms with Crippen LogP contribution in [0.25, 0.3) is 22.5 Å². The molecule has 3 aromatic rings. The van der Waals surface area contributed by atoms with E-state index in [1.54, 1.807) is 0 Å².